The highest BCUT2D eigenvalue weighted by Crippen LogP contribution is 2.37. The molecule has 5 heteroatoms. The highest BCUT2D eigenvalue weighted by molar-refractivity contribution is 5.92. The SMILES string of the molecule is CC1(C)CCCC1NC(=O)c1ccn(C2CCCNC2)n1. The predicted molar refractivity (Wildman–Crippen MR) is 82.3 cm³/mol. The van der Waals surface area contributed by atoms with Crippen molar-refractivity contribution in [3.63, 3.8) is 0 Å². The average molecular weight is 290 g/mol. The largest absolute Gasteiger partial charge is 0.347 e. The molecule has 2 N–H and O–H groups in total. The number of aromatic nitrogens is 2. The fourth-order valence-electron chi connectivity index (χ4n) is 3.55. The Morgan fingerprint density at radius 2 is 2.29 bits per heavy atom. The molecular weight excluding hydrogens is 264 g/mol. The van der Waals surface area contributed by atoms with E-state index >= 15 is 0 Å². The van der Waals surface area contributed by atoms with Crippen LogP contribution in [-0.2, 0) is 0 Å². The van der Waals surface area contributed by atoms with Crippen LogP contribution in [0.5, 0.6) is 0 Å². The summed E-state index contributed by atoms with van der Waals surface area (Å²) in [5.41, 5.74) is 0.745. The van der Waals surface area contributed by atoms with Gasteiger partial charge in [-0.05, 0) is 43.7 Å². The summed E-state index contributed by atoms with van der Waals surface area (Å²) < 4.78 is 1.95. The molecule has 21 heavy (non-hydrogen) atoms. The summed E-state index contributed by atoms with van der Waals surface area (Å²) in [4.78, 5) is 12.4. The smallest absolute Gasteiger partial charge is 0.272 e. The molecule has 0 bridgehead atoms. The molecule has 2 unspecified atom stereocenters. The molecule has 1 saturated heterocycles. The fourth-order valence-corrected chi connectivity index (χ4v) is 3.55. The van der Waals surface area contributed by atoms with E-state index in [2.05, 4.69) is 29.6 Å². The number of carbonyl (C=O) groups excluding carboxylic acids is 1. The predicted octanol–water partition coefficient (Wildman–Crippen LogP) is 2.12. The average Bonchev–Trinajstić information content (AvgIpc) is 3.07. The first-order chi connectivity index (χ1) is 10.1. The lowest BCUT2D eigenvalue weighted by Gasteiger charge is -2.27. The molecule has 1 amide bonds. The third kappa shape index (κ3) is 3.12. The highest BCUT2D eigenvalue weighted by Gasteiger charge is 2.35. The number of carbonyl (C=O) groups is 1. The molecular formula is C16H26N4O. The van der Waals surface area contributed by atoms with Crippen LogP contribution >= 0.6 is 0 Å². The summed E-state index contributed by atoms with van der Waals surface area (Å²) in [6.07, 6.45) is 7.69. The Bertz CT molecular complexity index is 502. The minimum Gasteiger partial charge on any atom is -0.347 e. The molecule has 1 aromatic rings. The zero-order valence-electron chi connectivity index (χ0n) is 13.1. The zero-order valence-corrected chi connectivity index (χ0v) is 13.1. The van der Waals surface area contributed by atoms with Crippen molar-refractivity contribution >= 4 is 5.91 Å². The van der Waals surface area contributed by atoms with Gasteiger partial charge in [0.05, 0.1) is 6.04 Å². The van der Waals surface area contributed by atoms with E-state index in [4.69, 9.17) is 0 Å². The monoisotopic (exact) mass is 290 g/mol. The van der Waals surface area contributed by atoms with Gasteiger partial charge in [0.15, 0.2) is 0 Å². The quantitative estimate of drug-likeness (QED) is 0.896. The Balaban J connectivity index is 1.64. The number of nitrogens with one attached hydrogen (secondary N) is 2. The minimum absolute atomic E-state index is 0.0301. The van der Waals surface area contributed by atoms with Crippen LogP contribution in [0.15, 0.2) is 12.3 Å². The lowest BCUT2D eigenvalue weighted by Crippen LogP contribution is -2.41. The van der Waals surface area contributed by atoms with Crippen LogP contribution in [0.3, 0.4) is 0 Å². The molecule has 1 aliphatic heterocycles. The maximum absolute atomic E-state index is 12.4. The standard InChI is InChI=1S/C16H26N4O/c1-16(2)8-3-6-14(16)18-15(21)13-7-10-20(19-13)12-5-4-9-17-11-12/h7,10,12,14,17H,3-6,8-9,11H2,1-2H3,(H,18,21). The fraction of sp³-hybridized carbons (Fsp3) is 0.750. The van der Waals surface area contributed by atoms with Gasteiger partial charge in [-0.1, -0.05) is 20.3 Å². The molecule has 5 nitrogen and oxygen atoms in total. The first-order valence-electron chi connectivity index (χ1n) is 8.13. The van der Waals surface area contributed by atoms with E-state index in [9.17, 15) is 4.79 Å². The van der Waals surface area contributed by atoms with Crippen LogP contribution in [0.1, 0.15) is 62.5 Å². The molecule has 116 valence electrons. The van der Waals surface area contributed by atoms with E-state index in [1.807, 2.05) is 16.9 Å². The molecule has 0 spiro atoms. The normalized spacial score (nSPS) is 28.5. The number of amides is 1. The zero-order chi connectivity index (χ0) is 14.9. The van der Waals surface area contributed by atoms with Gasteiger partial charge in [-0.15, -0.1) is 0 Å². The van der Waals surface area contributed by atoms with Gasteiger partial charge in [0.25, 0.3) is 5.91 Å². The first-order valence-corrected chi connectivity index (χ1v) is 8.13. The molecule has 0 aromatic carbocycles. The molecule has 2 aliphatic rings. The van der Waals surface area contributed by atoms with E-state index in [1.54, 1.807) is 0 Å². The summed E-state index contributed by atoms with van der Waals surface area (Å²) >= 11 is 0. The molecule has 2 heterocycles. The second-order valence-corrected chi connectivity index (χ2v) is 7.09. The second-order valence-electron chi connectivity index (χ2n) is 7.09. The van der Waals surface area contributed by atoms with Crippen LogP contribution in [0, 0.1) is 5.41 Å². The second kappa shape index (κ2) is 5.79. The Morgan fingerprint density at radius 1 is 1.43 bits per heavy atom. The van der Waals surface area contributed by atoms with Gasteiger partial charge in [0, 0.05) is 18.8 Å². The number of piperidine rings is 1. The maximum atomic E-state index is 12.4. The molecule has 1 aromatic heterocycles. The Morgan fingerprint density at radius 3 is 2.95 bits per heavy atom. The third-order valence-electron chi connectivity index (χ3n) is 5.05. The van der Waals surface area contributed by atoms with Crippen molar-refractivity contribution in [1.82, 2.24) is 20.4 Å². The summed E-state index contributed by atoms with van der Waals surface area (Å²) in [5, 5.41) is 11.0. The first kappa shape index (κ1) is 14.6. The van der Waals surface area contributed by atoms with Crippen molar-refractivity contribution in [3.8, 4) is 0 Å². The Labute approximate surface area is 126 Å². The van der Waals surface area contributed by atoms with Crippen LogP contribution in [0.2, 0.25) is 0 Å². The molecule has 2 atom stereocenters. The van der Waals surface area contributed by atoms with Gasteiger partial charge in [-0.25, -0.2) is 0 Å². The van der Waals surface area contributed by atoms with Gasteiger partial charge >= 0.3 is 0 Å². The van der Waals surface area contributed by atoms with Gasteiger partial charge in [0.2, 0.25) is 0 Å². The minimum atomic E-state index is -0.0301. The lowest BCUT2D eigenvalue weighted by atomic mass is 9.87. The van der Waals surface area contributed by atoms with Crippen molar-refractivity contribution in [1.29, 1.82) is 0 Å². The Hall–Kier alpha value is -1.36. The lowest BCUT2D eigenvalue weighted by molar-refractivity contribution is 0.0903. The maximum Gasteiger partial charge on any atom is 0.272 e. The van der Waals surface area contributed by atoms with E-state index < -0.39 is 0 Å². The van der Waals surface area contributed by atoms with Crippen LogP contribution in [0.4, 0.5) is 0 Å². The number of hydrogen-bond acceptors (Lipinski definition) is 3. The highest BCUT2D eigenvalue weighted by atomic mass is 16.2. The molecule has 2 fully saturated rings. The summed E-state index contributed by atoms with van der Waals surface area (Å²) in [6, 6.07) is 2.49. The van der Waals surface area contributed by atoms with Crippen LogP contribution < -0.4 is 10.6 Å². The Kier molecular flexibility index (Phi) is 4.02. The number of hydrogen-bond donors (Lipinski definition) is 2. The number of rotatable bonds is 3. The van der Waals surface area contributed by atoms with Crippen molar-refractivity contribution in [2.75, 3.05) is 13.1 Å². The summed E-state index contributed by atoms with van der Waals surface area (Å²) in [5.74, 6) is -0.0301. The topological polar surface area (TPSA) is 59.0 Å². The van der Waals surface area contributed by atoms with E-state index in [0.717, 1.165) is 25.9 Å². The third-order valence-corrected chi connectivity index (χ3v) is 5.05. The van der Waals surface area contributed by atoms with Gasteiger partial charge in [-0.3, -0.25) is 9.48 Å². The van der Waals surface area contributed by atoms with Gasteiger partial charge < -0.3 is 10.6 Å². The van der Waals surface area contributed by atoms with E-state index in [1.165, 1.54) is 19.3 Å². The number of nitrogens with zero attached hydrogens (tertiary/aromatic N) is 2. The van der Waals surface area contributed by atoms with Crippen LogP contribution in [0.25, 0.3) is 0 Å². The van der Waals surface area contributed by atoms with Crippen molar-refractivity contribution in [2.24, 2.45) is 5.41 Å². The van der Waals surface area contributed by atoms with E-state index in [0.29, 0.717) is 11.7 Å². The van der Waals surface area contributed by atoms with E-state index in [-0.39, 0.29) is 17.4 Å². The van der Waals surface area contributed by atoms with Gasteiger partial charge in [-0.2, -0.15) is 5.10 Å². The molecule has 1 aliphatic carbocycles. The van der Waals surface area contributed by atoms with Gasteiger partial charge in [0.1, 0.15) is 5.69 Å². The summed E-state index contributed by atoms with van der Waals surface area (Å²) in [7, 11) is 0. The molecule has 1 saturated carbocycles. The molecule has 3 rings (SSSR count). The van der Waals surface area contributed by atoms with Crippen molar-refractivity contribution in [3.05, 3.63) is 18.0 Å². The van der Waals surface area contributed by atoms with Crippen molar-refractivity contribution < 1.29 is 4.79 Å². The van der Waals surface area contributed by atoms with Crippen molar-refractivity contribution in [2.45, 2.75) is 58.0 Å². The van der Waals surface area contributed by atoms with Crippen LogP contribution in [-0.4, -0.2) is 34.8 Å². The molecule has 0 radical (unpaired) electrons. The summed E-state index contributed by atoms with van der Waals surface area (Å²) in [6.45, 7) is 6.49.